The van der Waals surface area contributed by atoms with Gasteiger partial charge in [-0.05, 0) is 43.3 Å². The Balaban J connectivity index is 1.72. The van der Waals surface area contributed by atoms with Crippen LogP contribution in [0, 0.1) is 0 Å². The Kier molecular flexibility index (Phi) is 5.47. The predicted molar refractivity (Wildman–Crippen MR) is 110 cm³/mol. The maximum absolute atomic E-state index is 13.0. The second-order valence-electron chi connectivity index (χ2n) is 6.05. The molecule has 1 N–H and O–H groups in total. The van der Waals surface area contributed by atoms with Crippen LogP contribution < -0.4 is 10.2 Å². The Bertz CT molecular complexity index is 968. The van der Waals surface area contributed by atoms with Gasteiger partial charge in [-0.1, -0.05) is 23.2 Å². The zero-order chi connectivity index (χ0) is 18.1. The number of benzene rings is 1. The lowest BCUT2D eigenvalue weighted by molar-refractivity contribution is 0.684. The van der Waals surface area contributed by atoms with Crippen LogP contribution in [0.5, 0.6) is 0 Å². The molecule has 26 heavy (non-hydrogen) atoms. The lowest BCUT2D eigenvalue weighted by Gasteiger charge is -2.21. The van der Waals surface area contributed by atoms with E-state index in [-0.39, 0.29) is 0 Å². The molecule has 0 spiro atoms. The van der Waals surface area contributed by atoms with Crippen LogP contribution in [0.4, 0.5) is 5.82 Å². The Morgan fingerprint density at radius 1 is 1.12 bits per heavy atom. The third kappa shape index (κ3) is 3.62. The monoisotopic (exact) mass is 425 g/mol. The summed E-state index contributed by atoms with van der Waals surface area (Å²) in [5, 5.41) is 5.35. The second-order valence-corrected chi connectivity index (χ2v) is 9.65. The summed E-state index contributed by atoms with van der Waals surface area (Å²) in [5.74, 6) is 0.972. The van der Waals surface area contributed by atoms with Crippen molar-refractivity contribution >= 4 is 61.2 Å². The van der Waals surface area contributed by atoms with Gasteiger partial charge in [-0.2, -0.15) is 0 Å². The first-order valence-electron chi connectivity index (χ1n) is 8.34. The number of thiophene rings is 1. The van der Waals surface area contributed by atoms with Gasteiger partial charge in [0.2, 0.25) is 0 Å². The maximum atomic E-state index is 13.0. The molecule has 1 aliphatic heterocycles. The van der Waals surface area contributed by atoms with Crippen LogP contribution in [-0.4, -0.2) is 35.4 Å². The molecule has 0 amide bonds. The molecule has 2 aromatic heterocycles. The van der Waals surface area contributed by atoms with E-state index in [0.717, 1.165) is 52.7 Å². The van der Waals surface area contributed by atoms with E-state index < -0.39 is 10.8 Å². The predicted octanol–water partition coefficient (Wildman–Crippen LogP) is 4.57. The minimum absolute atomic E-state index is 0.415. The Labute approximate surface area is 168 Å². The van der Waals surface area contributed by atoms with Gasteiger partial charge >= 0.3 is 0 Å². The van der Waals surface area contributed by atoms with Crippen LogP contribution in [0.25, 0.3) is 10.1 Å². The van der Waals surface area contributed by atoms with Crippen LogP contribution in [0.3, 0.4) is 0 Å². The van der Waals surface area contributed by atoms with Crippen molar-refractivity contribution in [1.29, 1.82) is 0 Å². The van der Waals surface area contributed by atoms with Crippen molar-refractivity contribution in [2.75, 3.05) is 31.1 Å². The van der Waals surface area contributed by atoms with E-state index in [1.165, 1.54) is 11.3 Å². The van der Waals surface area contributed by atoms with Gasteiger partial charge in [0.05, 0.1) is 25.1 Å². The molecule has 0 saturated carbocycles. The molecule has 1 fully saturated rings. The van der Waals surface area contributed by atoms with Gasteiger partial charge < -0.3 is 10.2 Å². The van der Waals surface area contributed by atoms with E-state index >= 15 is 0 Å². The second kappa shape index (κ2) is 7.82. The highest BCUT2D eigenvalue weighted by Gasteiger charge is 2.18. The van der Waals surface area contributed by atoms with Crippen molar-refractivity contribution in [3.05, 3.63) is 46.6 Å². The number of pyridine rings is 1. The number of fused-ring (bicyclic) bond motifs is 1. The van der Waals surface area contributed by atoms with Gasteiger partial charge in [0.1, 0.15) is 5.82 Å². The largest absolute Gasteiger partial charge is 0.355 e. The maximum Gasteiger partial charge on any atom is 0.137 e. The van der Waals surface area contributed by atoms with Crippen molar-refractivity contribution in [2.24, 2.45) is 0 Å². The van der Waals surface area contributed by atoms with E-state index in [1.54, 1.807) is 18.2 Å². The summed E-state index contributed by atoms with van der Waals surface area (Å²) in [6.07, 6.45) is 2.92. The topological polar surface area (TPSA) is 45.2 Å². The van der Waals surface area contributed by atoms with Gasteiger partial charge in [-0.15, -0.1) is 11.3 Å². The summed E-state index contributed by atoms with van der Waals surface area (Å²) in [5.41, 5.74) is 0. The average molecular weight is 426 g/mol. The SMILES string of the molecule is O=S(c1ccc(Cl)c(Cl)c1)c1cc2c(N3CCCNCC3)nccc2s1. The highest BCUT2D eigenvalue weighted by molar-refractivity contribution is 7.87. The summed E-state index contributed by atoms with van der Waals surface area (Å²) in [6.45, 7) is 3.88. The lowest BCUT2D eigenvalue weighted by Crippen LogP contribution is -2.28. The highest BCUT2D eigenvalue weighted by Crippen LogP contribution is 2.36. The summed E-state index contributed by atoms with van der Waals surface area (Å²) >= 11 is 13.6. The molecule has 1 saturated heterocycles. The van der Waals surface area contributed by atoms with Crippen LogP contribution in [-0.2, 0) is 10.8 Å². The Morgan fingerprint density at radius 3 is 2.85 bits per heavy atom. The first-order valence-corrected chi connectivity index (χ1v) is 11.1. The van der Waals surface area contributed by atoms with Crippen LogP contribution in [0.1, 0.15) is 6.42 Å². The van der Waals surface area contributed by atoms with Crippen molar-refractivity contribution in [3.63, 3.8) is 0 Å². The van der Waals surface area contributed by atoms with Crippen molar-refractivity contribution in [1.82, 2.24) is 10.3 Å². The van der Waals surface area contributed by atoms with E-state index in [1.807, 2.05) is 18.3 Å². The van der Waals surface area contributed by atoms with Crippen LogP contribution in [0.2, 0.25) is 10.0 Å². The first-order chi connectivity index (χ1) is 12.6. The molecule has 8 heteroatoms. The minimum Gasteiger partial charge on any atom is -0.355 e. The summed E-state index contributed by atoms with van der Waals surface area (Å²) < 4.78 is 14.9. The zero-order valence-corrected chi connectivity index (χ0v) is 17.0. The molecule has 4 nitrogen and oxygen atoms in total. The van der Waals surface area contributed by atoms with E-state index in [2.05, 4.69) is 15.2 Å². The Morgan fingerprint density at radius 2 is 2.00 bits per heavy atom. The number of hydrogen-bond acceptors (Lipinski definition) is 5. The van der Waals surface area contributed by atoms with Crippen LogP contribution >= 0.6 is 34.5 Å². The molecule has 1 aliphatic rings. The Hall–Kier alpha value is -1.18. The van der Waals surface area contributed by atoms with Gasteiger partial charge in [0.25, 0.3) is 0 Å². The smallest absolute Gasteiger partial charge is 0.137 e. The van der Waals surface area contributed by atoms with Crippen molar-refractivity contribution in [2.45, 2.75) is 15.5 Å². The summed E-state index contributed by atoms with van der Waals surface area (Å²) in [6, 6.07) is 9.09. The van der Waals surface area contributed by atoms with Gasteiger partial charge in [-0.3, -0.25) is 0 Å². The number of aromatic nitrogens is 1. The highest BCUT2D eigenvalue weighted by atomic mass is 35.5. The minimum atomic E-state index is -1.30. The molecule has 3 aromatic rings. The number of rotatable bonds is 3. The van der Waals surface area contributed by atoms with Gasteiger partial charge in [-0.25, -0.2) is 9.19 Å². The van der Waals surface area contributed by atoms with Crippen molar-refractivity contribution < 1.29 is 4.21 Å². The third-order valence-electron chi connectivity index (χ3n) is 4.33. The molecule has 1 atom stereocenters. The third-order valence-corrected chi connectivity index (χ3v) is 7.83. The number of anilines is 1. The molecule has 4 rings (SSSR count). The van der Waals surface area contributed by atoms with E-state index in [9.17, 15) is 4.21 Å². The lowest BCUT2D eigenvalue weighted by atomic mass is 10.3. The number of hydrogen-bond donors (Lipinski definition) is 1. The summed E-state index contributed by atoms with van der Waals surface area (Å²) in [4.78, 5) is 7.57. The van der Waals surface area contributed by atoms with E-state index in [0.29, 0.717) is 14.9 Å². The molecule has 1 unspecified atom stereocenters. The molecular weight excluding hydrogens is 409 g/mol. The number of halogens is 2. The van der Waals surface area contributed by atoms with Crippen molar-refractivity contribution in [3.8, 4) is 0 Å². The molecule has 3 heterocycles. The normalized spacial score (nSPS) is 16.6. The first kappa shape index (κ1) is 18.2. The standard InChI is InChI=1S/C18H17Cl2N3OS2/c19-14-3-2-12(10-15(14)20)26(24)17-11-13-16(25-17)4-6-22-18(13)23-8-1-5-21-7-9-23/h2-4,6,10-11,21H,1,5,7-9H2. The number of nitrogens with one attached hydrogen (secondary N) is 1. The van der Waals surface area contributed by atoms with E-state index in [4.69, 9.17) is 23.2 Å². The molecule has 136 valence electrons. The van der Waals surface area contributed by atoms with Gasteiger partial charge in [0, 0.05) is 40.8 Å². The molecule has 0 radical (unpaired) electrons. The average Bonchev–Trinajstić information content (AvgIpc) is 2.90. The van der Waals surface area contributed by atoms with Gasteiger partial charge in [0.15, 0.2) is 0 Å². The molecule has 0 bridgehead atoms. The summed E-state index contributed by atoms with van der Waals surface area (Å²) in [7, 11) is -1.30. The fraction of sp³-hybridized carbons (Fsp3) is 0.278. The quantitative estimate of drug-likeness (QED) is 0.667. The molecule has 0 aliphatic carbocycles. The number of nitrogens with zero attached hydrogens (tertiary/aromatic N) is 2. The molecular formula is C18H17Cl2N3OS2. The van der Waals surface area contributed by atoms with Crippen LogP contribution in [0.15, 0.2) is 45.6 Å². The fourth-order valence-corrected chi connectivity index (χ4v) is 5.91. The zero-order valence-electron chi connectivity index (χ0n) is 13.9. The fourth-order valence-electron chi connectivity index (χ4n) is 3.03. The molecule has 1 aromatic carbocycles.